The van der Waals surface area contributed by atoms with Crippen LogP contribution in [-0.4, -0.2) is 22.6 Å². The Labute approximate surface area is 175 Å². The van der Waals surface area contributed by atoms with Gasteiger partial charge in [-0.1, -0.05) is 30.0 Å². The fraction of sp³-hybridized carbons (Fsp3) is 0.0952. The summed E-state index contributed by atoms with van der Waals surface area (Å²) >= 11 is 2.87. The number of aryl methyl sites for hydroxylation is 1. The quantitative estimate of drug-likeness (QED) is 0.418. The molecule has 0 aliphatic carbocycles. The van der Waals surface area contributed by atoms with Crippen molar-refractivity contribution in [3.05, 3.63) is 72.2 Å². The molecule has 0 saturated carbocycles. The number of para-hydroxylation sites is 1. The Morgan fingerprint density at radius 1 is 1.10 bits per heavy atom. The second kappa shape index (κ2) is 8.50. The molecule has 4 rings (SSSR count). The van der Waals surface area contributed by atoms with Crippen LogP contribution < -0.4 is 10.6 Å². The zero-order valence-electron chi connectivity index (χ0n) is 15.5. The van der Waals surface area contributed by atoms with Gasteiger partial charge in [-0.05, 0) is 48.9 Å². The highest BCUT2D eigenvalue weighted by Gasteiger charge is 2.12. The number of rotatable bonds is 6. The molecule has 0 fully saturated rings. The third-order valence-corrected chi connectivity index (χ3v) is 6.28. The third kappa shape index (κ3) is 4.67. The molecule has 0 spiro atoms. The molecule has 146 valence electrons. The van der Waals surface area contributed by atoms with Gasteiger partial charge in [-0.15, -0.1) is 11.3 Å². The van der Waals surface area contributed by atoms with E-state index in [1.165, 1.54) is 29.4 Å². The van der Waals surface area contributed by atoms with Crippen molar-refractivity contribution in [3.63, 3.8) is 0 Å². The van der Waals surface area contributed by atoms with Gasteiger partial charge in [0.1, 0.15) is 0 Å². The van der Waals surface area contributed by atoms with Gasteiger partial charge >= 0.3 is 0 Å². The predicted molar refractivity (Wildman–Crippen MR) is 117 cm³/mol. The maximum atomic E-state index is 12.2. The van der Waals surface area contributed by atoms with Gasteiger partial charge in [0, 0.05) is 11.4 Å². The van der Waals surface area contributed by atoms with E-state index in [1.807, 2.05) is 43.3 Å². The van der Waals surface area contributed by atoms with E-state index in [4.69, 9.17) is 4.42 Å². The molecule has 2 N–H and O–H groups in total. The Morgan fingerprint density at radius 3 is 2.76 bits per heavy atom. The van der Waals surface area contributed by atoms with Gasteiger partial charge in [0.15, 0.2) is 10.1 Å². The first-order chi connectivity index (χ1) is 14.1. The number of benzene rings is 2. The molecule has 0 unspecified atom stereocenters. The highest BCUT2D eigenvalue weighted by Crippen LogP contribution is 2.31. The minimum absolute atomic E-state index is 0.0741. The van der Waals surface area contributed by atoms with E-state index in [0.717, 1.165) is 25.8 Å². The highest BCUT2D eigenvalue weighted by molar-refractivity contribution is 8.01. The topological polar surface area (TPSA) is 84.2 Å². The summed E-state index contributed by atoms with van der Waals surface area (Å²) in [5.41, 5.74) is 3.33. The molecular formula is C21H17N3O3S2. The number of amides is 2. The summed E-state index contributed by atoms with van der Waals surface area (Å²) < 4.78 is 6.84. The van der Waals surface area contributed by atoms with Crippen molar-refractivity contribution in [1.29, 1.82) is 0 Å². The van der Waals surface area contributed by atoms with E-state index in [0.29, 0.717) is 5.69 Å². The fourth-order valence-electron chi connectivity index (χ4n) is 2.67. The van der Waals surface area contributed by atoms with Crippen LogP contribution >= 0.6 is 23.1 Å². The molecule has 2 heterocycles. The molecule has 6 nitrogen and oxygen atoms in total. The molecule has 0 aliphatic heterocycles. The van der Waals surface area contributed by atoms with Crippen molar-refractivity contribution < 1.29 is 14.0 Å². The number of aromatic nitrogens is 1. The summed E-state index contributed by atoms with van der Waals surface area (Å²) in [6.45, 7) is 1.96. The summed E-state index contributed by atoms with van der Waals surface area (Å²) in [5, 5.41) is 5.72. The number of furan rings is 1. The Balaban J connectivity index is 1.39. The van der Waals surface area contributed by atoms with Crippen LogP contribution in [0, 0.1) is 6.92 Å². The number of hydrogen-bond donors (Lipinski definition) is 2. The smallest absolute Gasteiger partial charge is 0.291 e. The SMILES string of the molecule is Cc1ccccc1NC(=O)CSc1nc2ccc(NC(=O)c3ccco3)cc2s1. The van der Waals surface area contributed by atoms with Crippen molar-refractivity contribution in [1.82, 2.24) is 4.98 Å². The zero-order chi connectivity index (χ0) is 20.2. The lowest BCUT2D eigenvalue weighted by molar-refractivity contribution is -0.113. The summed E-state index contributed by atoms with van der Waals surface area (Å²) in [6, 6.07) is 16.5. The van der Waals surface area contributed by atoms with Gasteiger partial charge in [0.25, 0.3) is 5.91 Å². The molecule has 0 bridgehead atoms. The van der Waals surface area contributed by atoms with Crippen LogP contribution in [0.15, 0.2) is 69.6 Å². The van der Waals surface area contributed by atoms with E-state index in [9.17, 15) is 9.59 Å². The molecule has 0 saturated heterocycles. The molecule has 0 radical (unpaired) electrons. The highest BCUT2D eigenvalue weighted by atomic mass is 32.2. The maximum Gasteiger partial charge on any atom is 0.291 e. The molecule has 0 aliphatic rings. The largest absolute Gasteiger partial charge is 0.459 e. The second-order valence-corrected chi connectivity index (χ2v) is 8.50. The van der Waals surface area contributed by atoms with Crippen molar-refractivity contribution in [2.45, 2.75) is 11.3 Å². The first-order valence-electron chi connectivity index (χ1n) is 8.82. The summed E-state index contributed by atoms with van der Waals surface area (Å²) in [7, 11) is 0. The number of nitrogens with zero attached hydrogens (tertiary/aromatic N) is 1. The van der Waals surface area contributed by atoms with Crippen LogP contribution in [0.2, 0.25) is 0 Å². The van der Waals surface area contributed by atoms with Crippen LogP contribution in [0.3, 0.4) is 0 Å². The first kappa shape index (κ1) is 19.2. The number of fused-ring (bicyclic) bond motifs is 1. The average Bonchev–Trinajstić information content (AvgIpc) is 3.37. The number of hydrogen-bond acceptors (Lipinski definition) is 6. The third-order valence-electron chi connectivity index (χ3n) is 4.12. The molecular weight excluding hydrogens is 406 g/mol. The van der Waals surface area contributed by atoms with Crippen LogP contribution in [0.5, 0.6) is 0 Å². The lowest BCUT2D eigenvalue weighted by Gasteiger charge is -2.06. The standard InChI is InChI=1S/C21H17N3O3S2/c1-13-5-2-3-6-15(13)23-19(25)12-28-21-24-16-9-8-14(11-18(16)29-21)22-20(26)17-7-4-10-27-17/h2-11H,12H2,1H3,(H,22,26)(H,23,25). The minimum atomic E-state index is -0.304. The lowest BCUT2D eigenvalue weighted by atomic mass is 10.2. The van der Waals surface area contributed by atoms with Crippen LogP contribution in [0.4, 0.5) is 11.4 Å². The number of carbonyl (C=O) groups excluding carboxylic acids is 2. The van der Waals surface area contributed by atoms with Gasteiger partial charge in [0.05, 0.1) is 22.2 Å². The van der Waals surface area contributed by atoms with E-state index in [1.54, 1.807) is 18.2 Å². The summed E-state index contributed by atoms with van der Waals surface area (Å²) in [5.74, 6) is 0.151. The minimum Gasteiger partial charge on any atom is -0.459 e. The molecule has 2 aromatic carbocycles. The van der Waals surface area contributed by atoms with Crippen molar-refractivity contribution >= 4 is 56.5 Å². The normalized spacial score (nSPS) is 10.8. The summed E-state index contributed by atoms with van der Waals surface area (Å²) in [6.07, 6.45) is 1.46. The monoisotopic (exact) mass is 423 g/mol. The fourth-order valence-corrected chi connectivity index (χ4v) is 4.58. The van der Waals surface area contributed by atoms with Crippen LogP contribution in [0.1, 0.15) is 16.1 Å². The maximum absolute atomic E-state index is 12.2. The number of anilines is 2. The predicted octanol–water partition coefficient (Wildman–Crippen LogP) is 5.18. The molecule has 4 aromatic rings. The van der Waals surface area contributed by atoms with Gasteiger partial charge in [-0.3, -0.25) is 9.59 Å². The second-order valence-electron chi connectivity index (χ2n) is 6.25. The van der Waals surface area contributed by atoms with Gasteiger partial charge < -0.3 is 15.1 Å². The van der Waals surface area contributed by atoms with Gasteiger partial charge in [-0.25, -0.2) is 4.98 Å². The number of thioether (sulfide) groups is 1. The molecule has 8 heteroatoms. The van der Waals surface area contributed by atoms with Crippen molar-refractivity contribution in [3.8, 4) is 0 Å². The van der Waals surface area contributed by atoms with Gasteiger partial charge in [0.2, 0.25) is 5.91 Å². The van der Waals surface area contributed by atoms with E-state index >= 15 is 0 Å². The molecule has 29 heavy (non-hydrogen) atoms. The van der Waals surface area contributed by atoms with Gasteiger partial charge in [-0.2, -0.15) is 0 Å². The number of nitrogens with one attached hydrogen (secondary N) is 2. The first-order valence-corrected chi connectivity index (χ1v) is 10.6. The number of thiazole rings is 1. The van der Waals surface area contributed by atoms with Crippen LogP contribution in [-0.2, 0) is 4.79 Å². The van der Waals surface area contributed by atoms with Crippen molar-refractivity contribution in [2.24, 2.45) is 0 Å². The lowest BCUT2D eigenvalue weighted by Crippen LogP contribution is -2.14. The van der Waals surface area contributed by atoms with Crippen molar-refractivity contribution in [2.75, 3.05) is 16.4 Å². The average molecular weight is 424 g/mol. The van der Waals surface area contributed by atoms with E-state index in [2.05, 4.69) is 15.6 Å². The van der Waals surface area contributed by atoms with E-state index in [-0.39, 0.29) is 23.3 Å². The Kier molecular flexibility index (Phi) is 5.64. The molecule has 2 amide bonds. The Hall–Kier alpha value is -3.10. The van der Waals surface area contributed by atoms with E-state index < -0.39 is 0 Å². The Morgan fingerprint density at radius 2 is 1.97 bits per heavy atom. The molecule has 2 aromatic heterocycles. The van der Waals surface area contributed by atoms with Crippen LogP contribution in [0.25, 0.3) is 10.2 Å². The zero-order valence-corrected chi connectivity index (χ0v) is 17.1. The Bertz CT molecular complexity index is 1170. The summed E-state index contributed by atoms with van der Waals surface area (Å²) in [4.78, 5) is 28.9. The molecule has 0 atom stereocenters. The number of carbonyl (C=O) groups is 2.